The van der Waals surface area contributed by atoms with Crippen molar-refractivity contribution in [3.05, 3.63) is 35.6 Å². The zero-order valence-electron chi connectivity index (χ0n) is 22.1. The van der Waals surface area contributed by atoms with Gasteiger partial charge in [0.1, 0.15) is 11.3 Å². The van der Waals surface area contributed by atoms with E-state index in [0.717, 1.165) is 0 Å². The number of sulfonamides is 1. The number of hydrogen-bond acceptors (Lipinski definition) is 5. The number of benzene rings is 1. The number of nitrogens with zero attached hydrogens (tertiary/aromatic N) is 1. The zero-order valence-corrected chi connectivity index (χ0v) is 23.9. The Morgan fingerprint density at radius 1 is 0.708 bits per heavy atom. The van der Waals surface area contributed by atoms with E-state index in [0.29, 0.717) is 7.05 Å². The number of phosphoric acid groups is 1. The van der Waals surface area contributed by atoms with E-state index in [9.17, 15) is 96.4 Å². The molecule has 29 heteroatoms. The highest BCUT2D eigenvalue weighted by Crippen LogP contribution is 2.72. The maximum absolute atomic E-state index is 14.3. The summed E-state index contributed by atoms with van der Waals surface area (Å²) in [7, 11) is -9.48. The lowest BCUT2D eigenvalue weighted by molar-refractivity contribution is -0.457. The molecular formula is C19H13F19NO7PS. The van der Waals surface area contributed by atoms with Crippen LogP contribution < -0.4 is 4.74 Å². The summed E-state index contributed by atoms with van der Waals surface area (Å²) in [6.07, 6.45) is -41.7. The molecule has 8 nitrogen and oxygen atoms in total. The van der Waals surface area contributed by atoms with Crippen LogP contribution in [0.15, 0.2) is 40.5 Å². The van der Waals surface area contributed by atoms with Gasteiger partial charge in [0.25, 0.3) is 0 Å². The smallest absolute Gasteiger partial charge is 0.452 e. The molecule has 0 aromatic heterocycles. The number of allylic oxidation sites excluding steroid dienone is 2. The van der Waals surface area contributed by atoms with Crippen LogP contribution in [-0.4, -0.2) is 85.4 Å². The third kappa shape index (κ3) is 8.24. The van der Waals surface area contributed by atoms with Crippen molar-refractivity contribution in [2.75, 3.05) is 20.2 Å². The van der Waals surface area contributed by atoms with Crippen molar-refractivity contribution in [3.63, 3.8) is 0 Å². The summed E-state index contributed by atoms with van der Waals surface area (Å²) in [5, 5.41) is 0. The van der Waals surface area contributed by atoms with Crippen molar-refractivity contribution in [2.24, 2.45) is 5.41 Å². The minimum Gasteiger partial charge on any atom is -0.452 e. The molecule has 48 heavy (non-hydrogen) atoms. The van der Waals surface area contributed by atoms with Crippen LogP contribution in [0.1, 0.15) is 0 Å². The molecule has 0 amide bonds. The highest BCUT2D eigenvalue weighted by molar-refractivity contribution is 7.89. The molecule has 0 radical (unpaired) electrons. The summed E-state index contributed by atoms with van der Waals surface area (Å²) in [4.78, 5) is 15.9. The van der Waals surface area contributed by atoms with E-state index in [-0.39, 0.29) is 28.6 Å². The largest absolute Gasteiger partial charge is 0.469 e. The molecule has 0 saturated heterocycles. The summed E-state index contributed by atoms with van der Waals surface area (Å²) in [5.41, 5.74) is -15.1. The summed E-state index contributed by atoms with van der Waals surface area (Å²) < 4.78 is 304. The first-order valence-corrected chi connectivity index (χ1v) is 14.1. The fraction of sp³-hybridized carbons (Fsp3) is 0.579. The van der Waals surface area contributed by atoms with Crippen molar-refractivity contribution >= 4 is 17.8 Å². The van der Waals surface area contributed by atoms with Crippen LogP contribution in [0.2, 0.25) is 0 Å². The standard InChI is InChI=1S/C19H13F19NO7PS/c1-39(6-7-45-47(40,41)42)48(43,44)9-4-2-8(3-5-9)46-11(14(23,24)25)10(13(20,21)22)12(17(30,31)32,15(26,27)18(33,34)35)16(28,29)19(36,37)38/h2-5H,6-7H2,1H3,(H2,40,41,42)/b11-10-. The van der Waals surface area contributed by atoms with Crippen LogP contribution in [0.4, 0.5) is 83.4 Å². The average Bonchev–Trinajstić information content (AvgIpc) is 2.81. The highest BCUT2D eigenvalue weighted by atomic mass is 32.2. The van der Waals surface area contributed by atoms with Crippen LogP contribution >= 0.6 is 7.82 Å². The SMILES string of the molecule is CN(CCOP(=O)(O)O)S(=O)(=O)c1ccc(O/C(=C(\C(F)(F)F)C(C(F)(F)F)(C(F)(F)C(F)(F)F)C(F)(F)C(F)(F)F)C(F)(F)F)cc1. The lowest BCUT2D eigenvalue weighted by atomic mass is 9.66. The molecule has 0 aliphatic heterocycles. The van der Waals surface area contributed by atoms with Gasteiger partial charge in [0.15, 0.2) is 0 Å². The molecule has 1 rings (SSSR count). The second-order valence-electron chi connectivity index (χ2n) is 8.82. The molecule has 0 heterocycles. The van der Waals surface area contributed by atoms with Crippen LogP contribution in [-0.2, 0) is 19.1 Å². The van der Waals surface area contributed by atoms with Crippen molar-refractivity contribution in [1.29, 1.82) is 0 Å². The van der Waals surface area contributed by atoms with E-state index in [1.54, 1.807) is 0 Å². The van der Waals surface area contributed by atoms with Gasteiger partial charge in [-0.2, -0.15) is 87.7 Å². The fourth-order valence-electron chi connectivity index (χ4n) is 3.58. The van der Waals surface area contributed by atoms with Gasteiger partial charge in [0.2, 0.25) is 21.2 Å². The molecular weight excluding hydrogens is 778 g/mol. The lowest BCUT2D eigenvalue weighted by Gasteiger charge is -2.48. The van der Waals surface area contributed by atoms with Gasteiger partial charge in [0.05, 0.1) is 11.5 Å². The number of ether oxygens (including phenoxy) is 1. The number of rotatable bonds is 11. The lowest BCUT2D eigenvalue weighted by Crippen LogP contribution is -2.73. The van der Waals surface area contributed by atoms with Crippen LogP contribution in [0, 0.1) is 5.41 Å². The Kier molecular flexibility index (Phi) is 11.7. The predicted octanol–water partition coefficient (Wildman–Crippen LogP) is 7.12. The molecule has 0 spiro atoms. The summed E-state index contributed by atoms with van der Waals surface area (Å²) in [6, 6.07) is -0.604. The van der Waals surface area contributed by atoms with E-state index in [4.69, 9.17) is 9.79 Å². The molecule has 2 N–H and O–H groups in total. The Balaban J connectivity index is 4.26. The Labute approximate surface area is 253 Å². The highest BCUT2D eigenvalue weighted by Gasteiger charge is 2.96. The number of halogens is 19. The summed E-state index contributed by atoms with van der Waals surface area (Å²) in [5.74, 6) is -25.2. The average molecular weight is 791 g/mol. The Hall–Kier alpha value is -2.55. The maximum atomic E-state index is 14.3. The quantitative estimate of drug-likeness (QED) is 0.140. The fourth-order valence-corrected chi connectivity index (χ4v) is 5.06. The van der Waals surface area contributed by atoms with Gasteiger partial charge >= 0.3 is 50.5 Å². The van der Waals surface area contributed by atoms with Gasteiger partial charge in [-0.05, 0) is 24.3 Å². The minimum absolute atomic E-state index is 0.0160. The molecule has 0 aliphatic carbocycles. The second kappa shape index (κ2) is 13.0. The Morgan fingerprint density at radius 3 is 1.40 bits per heavy atom. The van der Waals surface area contributed by atoms with E-state index in [2.05, 4.69) is 9.26 Å². The summed E-state index contributed by atoms with van der Waals surface area (Å²) in [6.45, 7) is -1.98. The van der Waals surface area contributed by atoms with Gasteiger partial charge < -0.3 is 14.5 Å². The number of alkyl halides is 19. The first-order valence-electron chi connectivity index (χ1n) is 11.1. The molecule has 280 valence electrons. The molecule has 0 bridgehead atoms. The molecule has 1 aromatic rings. The molecule has 0 unspecified atom stereocenters. The Morgan fingerprint density at radius 2 is 1.10 bits per heavy atom. The molecule has 0 fully saturated rings. The van der Waals surface area contributed by atoms with E-state index >= 15 is 0 Å². The number of phosphoric ester groups is 1. The second-order valence-corrected chi connectivity index (χ2v) is 12.1. The molecule has 0 aliphatic rings. The van der Waals surface area contributed by atoms with Crippen LogP contribution in [0.25, 0.3) is 0 Å². The maximum Gasteiger partial charge on any atom is 0.469 e. The molecule has 0 atom stereocenters. The van der Waals surface area contributed by atoms with Gasteiger partial charge in [-0.1, -0.05) is 0 Å². The van der Waals surface area contributed by atoms with Crippen molar-refractivity contribution < 1.29 is 115 Å². The van der Waals surface area contributed by atoms with Crippen molar-refractivity contribution in [1.82, 2.24) is 4.31 Å². The van der Waals surface area contributed by atoms with E-state index in [1.165, 1.54) is 0 Å². The predicted molar refractivity (Wildman–Crippen MR) is 115 cm³/mol. The number of hydrogen-bond donors (Lipinski definition) is 2. The van der Waals surface area contributed by atoms with E-state index < -0.39 is 101 Å². The van der Waals surface area contributed by atoms with Crippen molar-refractivity contribution in [2.45, 2.75) is 47.6 Å². The third-order valence-electron chi connectivity index (χ3n) is 5.64. The van der Waals surface area contributed by atoms with Gasteiger partial charge in [-0.3, -0.25) is 4.52 Å². The first kappa shape index (κ1) is 43.5. The Bertz CT molecular complexity index is 1460. The van der Waals surface area contributed by atoms with Crippen LogP contribution in [0.5, 0.6) is 5.75 Å². The third-order valence-corrected chi connectivity index (χ3v) is 8.03. The van der Waals surface area contributed by atoms with Gasteiger partial charge in [-0.15, -0.1) is 0 Å². The first-order chi connectivity index (χ1) is 20.8. The number of likely N-dealkylation sites (N-methyl/N-ethyl adjacent to an activating group) is 1. The molecule has 1 aromatic carbocycles. The van der Waals surface area contributed by atoms with Gasteiger partial charge in [0, 0.05) is 13.6 Å². The molecule has 0 saturated carbocycles. The van der Waals surface area contributed by atoms with E-state index in [1.807, 2.05) is 0 Å². The minimum atomic E-state index is -9.20. The van der Waals surface area contributed by atoms with Crippen LogP contribution in [0.3, 0.4) is 0 Å². The summed E-state index contributed by atoms with van der Waals surface area (Å²) >= 11 is 0. The van der Waals surface area contributed by atoms with Gasteiger partial charge in [-0.25, -0.2) is 13.0 Å². The van der Waals surface area contributed by atoms with Crippen molar-refractivity contribution in [3.8, 4) is 5.75 Å². The monoisotopic (exact) mass is 791 g/mol. The zero-order chi connectivity index (χ0) is 38.5. The normalized spacial score (nSPS) is 15.9. The topological polar surface area (TPSA) is 113 Å².